The number of carbonyl (C=O) groups excluding carboxylic acids is 2. The fourth-order valence-electron chi connectivity index (χ4n) is 12.2. The van der Waals surface area contributed by atoms with E-state index >= 15 is 0 Å². The van der Waals surface area contributed by atoms with Crippen molar-refractivity contribution in [3.63, 3.8) is 0 Å². The van der Waals surface area contributed by atoms with Crippen LogP contribution in [0.4, 0.5) is 0 Å². The van der Waals surface area contributed by atoms with Gasteiger partial charge in [-0.2, -0.15) is 0 Å². The Kier molecular flexibility index (Phi) is 71.4. The minimum absolute atomic E-state index is 0.0186. The van der Waals surface area contributed by atoms with E-state index in [0.717, 1.165) is 44.9 Å². The largest absolute Gasteiger partial charge is 0.466 e. The highest BCUT2D eigenvalue weighted by Crippen LogP contribution is 2.20. The highest BCUT2D eigenvalue weighted by atomic mass is 16.5. The number of aliphatic hydroxyl groups excluding tert-OH is 2. The third-order valence-corrected chi connectivity index (χ3v) is 18.0. The Bertz CT molecular complexity index is 1300. The molecule has 0 aromatic heterocycles. The topological polar surface area (TPSA) is 95.9 Å². The first-order valence-corrected chi connectivity index (χ1v) is 38.1. The number of rotatable bonds is 72. The first-order chi connectivity index (χ1) is 41.0. The number of amides is 1. The van der Waals surface area contributed by atoms with Crippen LogP contribution in [0.2, 0.25) is 0 Å². The number of hydrogen-bond acceptors (Lipinski definition) is 5. The lowest BCUT2D eigenvalue weighted by Crippen LogP contribution is -2.45. The van der Waals surface area contributed by atoms with Crippen molar-refractivity contribution in [2.75, 3.05) is 13.2 Å². The predicted octanol–water partition coefficient (Wildman–Crippen LogP) is 24.9. The van der Waals surface area contributed by atoms with E-state index in [1.807, 2.05) is 0 Å². The number of carbonyl (C=O) groups is 2. The Balaban J connectivity index is 3.36. The molecule has 0 aliphatic heterocycles. The number of nitrogens with one attached hydrogen (secondary N) is 1. The van der Waals surface area contributed by atoms with Crippen molar-refractivity contribution >= 4 is 11.9 Å². The molecule has 492 valence electrons. The summed E-state index contributed by atoms with van der Waals surface area (Å²) in [5.41, 5.74) is 0. The molecule has 0 saturated heterocycles. The van der Waals surface area contributed by atoms with Crippen LogP contribution in [0.15, 0.2) is 24.3 Å². The summed E-state index contributed by atoms with van der Waals surface area (Å²) >= 11 is 0. The minimum atomic E-state index is -0.663. The summed E-state index contributed by atoms with van der Waals surface area (Å²) < 4.78 is 5.50. The second-order valence-electron chi connectivity index (χ2n) is 26.3. The van der Waals surface area contributed by atoms with Gasteiger partial charge in [0.1, 0.15) is 0 Å². The number of unbranched alkanes of at least 4 members (excludes halogenated alkanes) is 57. The van der Waals surface area contributed by atoms with E-state index in [4.69, 9.17) is 4.74 Å². The number of allylic oxidation sites excluding steroid dienone is 4. The molecule has 0 saturated carbocycles. The molecule has 2 unspecified atom stereocenters. The Hall–Kier alpha value is -1.66. The predicted molar refractivity (Wildman–Crippen MR) is 366 cm³/mol. The lowest BCUT2D eigenvalue weighted by Gasteiger charge is -2.22. The molecule has 0 fully saturated rings. The van der Waals surface area contributed by atoms with Gasteiger partial charge in [0, 0.05) is 12.8 Å². The summed E-state index contributed by atoms with van der Waals surface area (Å²) in [7, 11) is 0. The Labute approximate surface area is 520 Å². The lowest BCUT2D eigenvalue weighted by molar-refractivity contribution is -0.143. The maximum atomic E-state index is 12.5. The molecule has 0 heterocycles. The zero-order chi connectivity index (χ0) is 59.9. The fourth-order valence-corrected chi connectivity index (χ4v) is 12.2. The number of hydrogen-bond donors (Lipinski definition) is 3. The van der Waals surface area contributed by atoms with Crippen LogP contribution in [0.25, 0.3) is 0 Å². The van der Waals surface area contributed by atoms with Crippen LogP contribution in [-0.4, -0.2) is 47.4 Å². The molecule has 0 spiro atoms. The standard InChI is InChI=1S/C77H149NO5/c1-3-5-7-9-11-13-15-17-19-38-41-45-49-53-57-61-65-69-75(80)74(73-79)78-76(81)70-66-62-58-54-50-46-42-39-36-34-32-30-28-26-24-22-21-23-25-27-29-31-33-35-37-40-44-48-52-56-60-64-68-72-83-77(82)71-67-63-59-55-51-47-43-20-18-16-14-12-10-8-6-4-2/h25,27,31,33,74-75,79-80H,3-24,26,28-30,32,34-73H2,1-2H3,(H,78,81)/b27-25-,33-31-. The molecule has 83 heavy (non-hydrogen) atoms. The highest BCUT2D eigenvalue weighted by molar-refractivity contribution is 5.76. The smallest absolute Gasteiger partial charge is 0.305 e. The molecule has 0 aliphatic carbocycles. The molecule has 0 rings (SSSR count). The average Bonchev–Trinajstić information content (AvgIpc) is 3.49. The SMILES string of the molecule is CCCCCCCCCCCCCCCCCCCC(O)C(CO)NC(=O)CCCCCCCCCCCCCCCCCCC/C=C\C/C=C\CCCCCCCCCCCOC(=O)CCCCCCCCCCCCCCCCCC. The Morgan fingerprint density at radius 1 is 0.337 bits per heavy atom. The van der Waals surface area contributed by atoms with E-state index in [0.29, 0.717) is 25.9 Å². The van der Waals surface area contributed by atoms with Crippen molar-refractivity contribution in [3.05, 3.63) is 24.3 Å². The van der Waals surface area contributed by atoms with Crippen LogP contribution in [0, 0.1) is 0 Å². The van der Waals surface area contributed by atoms with E-state index in [1.165, 1.54) is 353 Å². The first-order valence-electron chi connectivity index (χ1n) is 38.1. The van der Waals surface area contributed by atoms with Gasteiger partial charge in [0.15, 0.2) is 0 Å². The second kappa shape index (κ2) is 72.8. The van der Waals surface area contributed by atoms with Crippen LogP contribution < -0.4 is 5.32 Å². The molecule has 0 aliphatic rings. The maximum Gasteiger partial charge on any atom is 0.305 e. The van der Waals surface area contributed by atoms with Crippen LogP contribution in [0.3, 0.4) is 0 Å². The van der Waals surface area contributed by atoms with Gasteiger partial charge in [-0.1, -0.05) is 385 Å². The van der Waals surface area contributed by atoms with Crippen molar-refractivity contribution in [2.24, 2.45) is 0 Å². The summed E-state index contributed by atoms with van der Waals surface area (Å²) in [6.45, 7) is 5.00. The summed E-state index contributed by atoms with van der Waals surface area (Å²) in [5.74, 6) is -0.0105. The first kappa shape index (κ1) is 81.3. The highest BCUT2D eigenvalue weighted by Gasteiger charge is 2.20. The van der Waals surface area contributed by atoms with E-state index in [1.54, 1.807) is 0 Å². The molecule has 3 N–H and O–H groups in total. The third-order valence-electron chi connectivity index (χ3n) is 18.0. The van der Waals surface area contributed by atoms with Gasteiger partial charge in [0.25, 0.3) is 0 Å². The van der Waals surface area contributed by atoms with Crippen LogP contribution >= 0.6 is 0 Å². The molecule has 0 aromatic carbocycles. The zero-order valence-electron chi connectivity index (χ0n) is 56.5. The zero-order valence-corrected chi connectivity index (χ0v) is 56.5. The molecule has 2 atom stereocenters. The molecule has 0 bridgehead atoms. The molecular formula is C77H149NO5. The van der Waals surface area contributed by atoms with Gasteiger partial charge in [-0.3, -0.25) is 9.59 Å². The fraction of sp³-hybridized carbons (Fsp3) is 0.922. The molecule has 0 aromatic rings. The molecule has 6 heteroatoms. The summed E-state index contributed by atoms with van der Waals surface area (Å²) in [6, 6.07) is -0.540. The van der Waals surface area contributed by atoms with Gasteiger partial charge in [-0.15, -0.1) is 0 Å². The van der Waals surface area contributed by atoms with Crippen molar-refractivity contribution < 1.29 is 24.5 Å². The van der Waals surface area contributed by atoms with E-state index in [-0.39, 0.29) is 18.5 Å². The van der Waals surface area contributed by atoms with Crippen LogP contribution in [-0.2, 0) is 14.3 Å². The van der Waals surface area contributed by atoms with Crippen molar-refractivity contribution in [2.45, 2.75) is 443 Å². The van der Waals surface area contributed by atoms with Gasteiger partial charge >= 0.3 is 5.97 Å². The van der Waals surface area contributed by atoms with E-state index < -0.39 is 12.1 Å². The minimum Gasteiger partial charge on any atom is -0.466 e. The van der Waals surface area contributed by atoms with Crippen molar-refractivity contribution in [1.29, 1.82) is 0 Å². The van der Waals surface area contributed by atoms with E-state index in [9.17, 15) is 19.8 Å². The van der Waals surface area contributed by atoms with Crippen molar-refractivity contribution in [3.8, 4) is 0 Å². The summed E-state index contributed by atoms with van der Waals surface area (Å²) in [5, 5.41) is 23.4. The van der Waals surface area contributed by atoms with Gasteiger partial charge in [-0.05, 0) is 57.8 Å². The lowest BCUT2D eigenvalue weighted by atomic mass is 10.0. The maximum absolute atomic E-state index is 12.5. The monoisotopic (exact) mass is 1170 g/mol. The van der Waals surface area contributed by atoms with Crippen molar-refractivity contribution in [1.82, 2.24) is 5.32 Å². The molecular weight excluding hydrogens is 1020 g/mol. The summed E-state index contributed by atoms with van der Waals surface area (Å²) in [4.78, 5) is 24.6. The van der Waals surface area contributed by atoms with E-state index in [2.05, 4.69) is 43.5 Å². The van der Waals surface area contributed by atoms with Gasteiger partial charge < -0.3 is 20.3 Å². The molecule has 0 radical (unpaired) electrons. The molecule has 1 amide bonds. The quantitative estimate of drug-likeness (QED) is 0.0320. The Morgan fingerprint density at radius 2 is 0.602 bits per heavy atom. The molecule has 6 nitrogen and oxygen atoms in total. The Morgan fingerprint density at radius 3 is 0.916 bits per heavy atom. The second-order valence-corrected chi connectivity index (χ2v) is 26.3. The number of ether oxygens (including phenoxy) is 1. The summed E-state index contributed by atoms with van der Waals surface area (Å²) in [6.07, 6.45) is 92.5. The third kappa shape index (κ3) is 69.3. The average molecular weight is 1170 g/mol. The van der Waals surface area contributed by atoms with Crippen LogP contribution in [0.5, 0.6) is 0 Å². The van der Waals surface area contributed by atoms with Gasteiger partial charge in [0.2, 0.25) is 5.91 Å². The van der Waals surface area contributed by atoms with Gasteiger partial charge in [0.05, 0.1) is 25.4 Å². The number of esters is 1. The normalized spacial score (nSPS) is 12.6. The van der Waals surface area contributed by atoms with Crippen LogP contribution in [0.1, 0.15) is 431 Å². The van der Waals surface area contributed by atoms with Gasteiger partial charge in [-0.25, -0.2) is 0 Å². The number of aliphatic hydroxyl groups is 2.